The summed E-state index contributed by atoms with van der Waals surface area (Å²) in [6.45, 7) is 0. The van der Waals surface area contributed by atoms with E-state index in [4.69, 9.17) is 15.0 Å². The number of nitriles is 1. The summed E-state index contributed by atoms with van der Waals surface area (Å²) in [7, 11) is 0. The van der Waals surface area contributed by atoms with Crippen LogP contribution in [0.15, 0.2) is 146 Å². The van der Waals surface area contributed by atoms with E-state index in [1.807, 2.05) is 72.9 Å². The average molecular weight is 601 g/mol. The molecule has 0 saturated heterocycles. The van der Waals surface area contributed by atoms with Gasteiger partial charge in [0.2, 0.25) is 0 Å². The summed E-state index contributed by atoms with van der Waals surface area (Å²) in [4.78, 5) is 19.7. The van der Waals surface area contributed by atoms with Gasteiger partial charge in [-0.25, -0.2) is 15.0 Å². The topological polar surface area (TPSA) is 80.3 Å². The fourth-order valence-corrected chi connectivity index (χ4v) is 6.58. The van der Waals surface area contributed by atoms with E-state index in [9.17, 15) is 5.26 Å². The number of fused-ring (bicyclic) bond motifs is 5. The standard InChI is InChI=1S/C41H24N6/c42-24-26-17-19-37-35(22-26)36-23-29(18-20-38(36)47(37)30-12-7-21-43-25-30)39-44-40(33-15-5-10-27-8-1-3-13-31(27)33)46-41(45-39)34-16-6-11-28-9-2-4-14-32(28)34/h1-23,25H. The second-order valence-electron chi connectivity index (χ2n) is 11.5. The molecule has 0 atom stereocenters. The Morgan fingerprint density at radius 2 is 1.11 bits per heavy atom. The summed E-state index contributed by atoms with van der Waals surface area (Å²) >= 11 is 0. The maximum Gasteiger partial charge on any atom is 0.164 e. The Kier molecular flexibility index (Phi) is 6.09. The molecule has 0 radical (unpaired) electrons. The van der Waals surface area contributed by atoms with Crippen molar-refractivity contribution in [3.63, 3.8) is 0 Å². The highest BCUT2D eigenvalue weighted by Crippen LogP contribution is 2.36. The first-order chi connectivity index (χ1) is 23.2. The highest BCUT2D eigenvalue weighted by atomic mass is 15.0. The first-order valence-electron chi connectivity index (χ1n) is 15.4. The average Bonchev–Trinajstić information content (AvgIpc) is 3.47. The molecule has 0 unspecified atom stereocenters. The number of pyridine rings is 1. The third-order valence-corrected chi connectivity index (χ3v) is 8.75. The molecule has 0 spiro atoms. The largest absolute Gasteiger partial charge is 0.308 e. The maximum absolute atomic E-state index is 9.76. The minimum atomic E-state index is 0.575. The van der Waals surface area contributed by atoms with Gasteiger partial charge in [-0.05, 0) is 70.1 Å². The molecular formula is C41H24N6. The zero-order valence-corrected chi connectivity index (χ0v) is 25.0. The molecular weight excluding hydrogens is 576 g/mol. The molecule has 6 aromatic carbocycles. The van der Waals surface area contributed by atoms with E-state index in [2.05, 4.69) is 82.4 Å². The highest BCUT2D eigenvalue weighted by Gasteiger charge is 2.18. The first kappa shape index (κ1) is 26.7. The molecule has 47 heavy (non-hydrogen) atoms. The van der Waals surface area contributed by atoms with Crippen LogP contribution in [0.4, 0.5) is 0 Å². The van der Waals surface area contributed by atoms with E-state index in [1.165, 1.54) is 0 Å². The number of benzene rings is 6. The Morgan fingerprint density at radius 1 is 0.511 bits per heavy atom. The van der Waals surface area contributed by atoms with Crippen LogP contribution in [0.25, 0.3) is 83.2 Å². The normalized spacial score (nSPS) is 11.4. The molecule has 6 heteroatoms. The van der Waals surface area contributed by atoms with Gasteiger partial charge in [0.15, 0.2) is 17.5 Å². The van der Waals surface area contributed by atoms with Crippen molar-refractivity contribution in [3.05, 3.63) is 151 Å². The molecule has 0 N–H and O–H groups in total. The quantitative estimate of drug-likeness (QED) is 0.201. The lowest BCUT2D eigenvalue weighted by Gasteiger charge is -2.12. The monoisotopic (exact) mass is 600 g/mol. The van der Waals surface area contributed by atoms with Gasteiger partial charge >= 0.3 is 0 Å². The van der Waals surface area contributed by atoms with Gasteiger partial charge in [-0.2, -0.15) is 5.26 Å². The van der Waals surface area contributed by atoms with Gasteiger partial charge in [-0.15, -0.1) is 0 Å². The fourth-order valence-electron chi connectivity index (χ4n) is 6.58. The van der Waals surface area contributed by atoms with Crippen molar-refractivity contribution in [1.82, 2.24) is 24.5 Å². The van der Waals surface area contributed by atoms with Crippen LogP contribution >= 0.6 is 0 Å². The Bertz CT molecular complexity index is 2600. The van der Waals surface area contributed by atoms with Crippen LogP contribution in [0.2, 0.25) is 0 Å². The summed E-state index contributed by atoms with van der Waals surface area (Å²) in [5, 5.41) is 16.1. The van der Waals surface area contributed by atoms with E-state index < -0.39 is 0 Å². The fraction of sp³-hybridized carbons (Fsp3) is 0. The molecule has 3 aromatic heterocycles. The predicted octanol–water partition coefficient (Wildman–Crippen LogP) is 9.54. The third kappa shape index (κ3) is 4.41. The van der Waals surface area contributed by atoms with E-state index in [-0.39, 0.29) is 0 Å². The van der Waals surface area contributed by atoms with E-state index in [1.54, 1.807) is 6.20 Å². The van der Waals surface area contributed by atoms with E-state index in [0.717, 1.165) is 65.7 Å². The molecule has 0 amide bonds. The summed E-state index contributed by atoms with van der Waals surface area (Å²) in [5.74, 6) is 1.80. The molecule has 0 aliphatic carbocycles. The minimum absolute atomic E-state index is 0.575. The minimum Gasteiger partial charge on any atom is -0.308 e. The first-order valence-corrected chi connectivity index (χ1v) is 15.4. The van der Waals surface area contributed by atoms with Crippen molar-refractivity contribution in [2.24, 2.45) is 0 Å². The molecule has 9 aromatic rings. The lowest BCUT2D eigenvalue weighted by molar-refractivity contribution is 1.08. The predicted molar refractivity (Wildman–Crippen MR) is 188 cm³/mol. The van der Waals surface area contributed by atoms with Crippen molar-refractivity contribution < 1.29 is 0 Å². The molecule has 3 heterocycles. The van der Waals surface area contributed by atoms with Crippen molar-refractivity contribution in [1.29, 1.82) is 5.26 Å². The number of nitrogens with zero attached hydrogens (tertiary/aromatic N) is 6. The number of rotatable bonds is 4. The molecule has 6 nitrogen and oxygen atoms in total. The van der Waals surface area contributed by atoms with Gasteiger partial charge in [0.05, 0.1) is 34.6 Å². The summed E-state index contributed by atoms with van der Waals surface area (Å²) < 4.78 is 2.18. The van der Waals surface area contributed by atoms with Crippen LogP contribution in [0, 0.1) is 11.3 Å². The number of hydrogen-bond donors (Lipinski definition) is 0. The molecule has 0 aliphatic rings. The number of hydrogen-bond acceptors (Lipinski definition) is 5. The maximum atomic E-state index is 9.76. The molecule has 0 fully saturated rings. The molecule has 9 rings (SSSR count). The summed E-state index contributed by atoms with van der Waals surface area (Å²) in [6, 6.07) is 47.4. The molecule has 0 bridgehead atoms. The van der Waals surface area contributed by atoms with Crippen LogP contribution in [0.3, 0.4) is 0 Å². The zero-order chi connectivity index (χ0) is 31.3. The van der Waals surface area contributed by atoms with Crippen LogP contribution in [-0.4, -0.2) is 24.5 Å². The van der Waals surface area contributed by atoms with Gasteiger partial charge in [0, 0.05) is 33.7 Å². The van der Waals surface area contributed by atoms with Crippen molar-refractivity contribution in [2.75, 3.05) is 0 Å². The van der Waals surface area contributed by atoms with Crippen LogP contribution in [0.1, 0.15) is 5.56 Å². The second-order valence-corrected chi connectivity index (χ2v) is 11.5. The Labute approximate surface area is 269 Å². The van der Waals surface area contributed by atoms with Crippen LogP contribution < -0.4 is 0 Å². The highest BCUT2D eigenvalue weighted by molar-refractivity contribution is 6.11. The Balaban J connectivity index is 1.33. The lowest BCUT2D eigenvalue weighted by Crippen LogP contribution is -2.01. The van der Waals surface area contributed by atoms with Gasteiger partial charge in [0.1, 0.15) is 0 Å². The van der Waals surface area contributed by atoms with Crippen molar-refractivity contribution >= 4 is 43.4 Å². The Hall–Kier alpha value is -6.71. The van der Waals surface area contributed by atoms with Crippen molar-refractivity contribution in [3.8, 4) is 45.9 Å². The zero-order valence-electron chi connectivity index (χ0n) is 25.0. The molecule has 0 aliphatic heterocycles. The van der Waals surface area contributed by atoms with E-state index in [0.29, 0.717) is 23.0 Å². The molecule has 218 valence electrons. The Morgan fingerprint density at radius 3 is 1.74 bits per heavy atom. The van der Waals surface area contributed by atoms with Gasteiger partial charge in [-0.3, -0.25) is 4.98 Å². The lowest BCUT2D eigenvalue weighted by atomic mass is 10.0. The molecule has 0 saturated carbocycles. The van der Waals surface area contributed by atoms with Crippen LogP contribution in [0.5, 0.6) is 0 Å². The second kappa shape index (κ2) is 10.7. The van der Waals surface area contributed by atoms with Crippen LogP contribution in [-0.2, 0) is 0 Å². The van der Waals surface area contributed by atoms with Gasteiger partial charge in [-0.1, -0.05) is 84.9 Å². The van der Waals surface area contributed by atoms with Gasteiger partial charge in [0.25, 0.3) is 0 Å². The third-order valence-electron chi connectivity index (χ3n) is 8.75. The van der Waals surface area contributed by atoms with Crippen molar-refractivity contribution in [2.45, 2.75) is 0 Å². The summed E-state index contributed by atoms with van der Waals surface area (Å²) in [5.41, 5.74) is 6.29. The smallest absolute Gasteiger partial charge is 0.164 e. The van der Waals surface area contributed by atoms with E-state index >= 15 is 0 Å². The SMILES string of the molecule is N#Cc1ccc2c(c1)c1cc(-c3nc(-c4cccc5ccccc45)nc(-c4cccc5ccccc45)n3)ccc1n2-c1cccnc1. The summed E-state index contributed by atoms with van der Waals surface area (Å²) in [6.07, 6.45) is 3.62. The number of aromatic nitrogens is 5. The van der Waals surface area contributed by atoms with Gasteiger partial charge < -0.3 is 4.57 Å².